The Labute approximate surface area is 196 Å². The molecule has 178 valence electrons. The van der Waals surface area contributed by atoms with Crippen LogP contribution in [0.25, 0.3) is 0 Å². The van der Waals surface area contributed by atoms with E-state index in [4.69, 9.17) is 4.74 Å². The number of benzene rings is 2. The molecule has 1 unspecified atom stereocenters. The van der Waals surface area contributed by atoms with Crippen LogP contribution in [0.1, 0.15) is 17.3 Å². The summed E-state index contributed by atoms with van der Waals surface area (Å²) in [5.41, 5.74) is 1.81. The molecule has 0 aliphatic carbocycles. The normalized spacial score (nSPS) is 15.0. The average molecular weight is 469 g/mol. The van der Waals surface area contributed by atoms with E-state index >= 15 is 0 Å². The van der Waals surface area contributed by atoms with Gasteiger partial charge in [0.05, 0.1) is 12.6 Å². The van der Waals surface area contributed by atoms with E-state index in [2.05, 4.69) is 5.32 Å². The highest BCUT2D eigenvalue weighted by Gasteiger charge is 2.33. The zero-order valence-electron chi connectivity index (χ0n) is 18.8. The standard InChI is InChI=1S/C25H26F2N4O3/c1-34-14-13-30(25(33)28-21-8-3-7-20(27)16-21)17-23(32)31-12-11-29-10-4-9-22(29)24(31)18-5-2-6-19(26)15-18/h2-10,15-16,24H,11-14,17H2,1H3,(H,28,33). The number of amides is 3. The Balaban J connectivity index is 1.56. The molecular formula is C25H26F2N4O3. The maximum Gasteiger partial charge on any atom is 0.322 e. The lowest BCUT2D eigenvalue weighted by molar-refractivity contribution is -0.134. The minimum Gasteiger partial charge on any atom is -0.383 e. The van der Waals surface area contributed by atoms with Gasteiger partial charge in [0.15, 0.2) is 0 Å². The topological polar surface area (TPSA) is 66.8 Å². The molecule has 0 saturated carbocycles. The van der Waals surface area contributed by atoms with Crippen molar-refractivity contribution in [1.29, 1.82) is 0 Å². The highest BCUT2D eigenvalue weighted by molar-refractivity contribution is 5.92. The average Bonchev–Trinajstić information content (AvgIpc) is 3.30. The molecule has 4 rings (SSSR count). The van der Waals surface area contributed by atoms with E-state index in [1.54, 1.807) is 23.1 Å². The van der Waals surface area contributed by atoms with Crippen LogP contribution >= 0.6 is 0 Å². The summed E-state index contributed by atoms with van der Waals surface area (Å²) < 4.78 is 34.7. The highest BCUT2D eigenvalue weighted by atomic mass is 19.1. The second kappa shape index (κ2) is 10.5. The number of fused-ring (bicyclic) bond motifs is 1. The second-order valence-corrected chi connectivity index (χ2v) is 8.03. The van der Waals surface area contributed by atoms with Crippen LogP contribution in [0.2, 0.25) is 0 Å². The fourth-order valence-electron chi connectivity index (χ4n) is 4.16. The number of methoxy groups -OCH3 is 1. The third-order valence-corrected chi connectivity index (χ3v) is 5.78. The minimum atomic E-state index is -0.543. The van der Waals surface area contributed by atoms with Gasteiger partial charge in [-0.05, 0) is 48.0 Å². The molecule has 3 amide bonds. The lowest BCUT2D eigenvalue weighted by atomic mass is 9.99. The van der Waals surface area contributed by atoms with Crippen LogP contribution in [0.4, 0.5) is 19.3 Å². The van der Waals surface area contributed by atoms with E-state index in [1.807, 2.05) is 22.9 Å². The first-order chi connectivity index (χ1) is 16.5. The minimum absolute atomic E-state index is 0.165. The highest BCUT2D eigenvalue weighted by Crippen LogP contribution is 2.33. The van der Waals surface area contributed by atoms with Gasteiger partial charge in [0.2, 0.25) is 5.91 Å². The number of hydrogen-bond donors (Lipinski definition) is 1. The van der Waals surface area contributed by atoms with E-state index in [0.717, 1.165) is 5.69 Å². The number of nitrogens with one attached hydrogen (secondary N) is 1. The van der Waals surface area contributed by atoms with Gasteiger partial charge in [-0.1, -0.05) is 18.2 Å². The van der Waals surface area contributed by atoms with Crippen molar-refractivity contribution in [2.75, 3.05) is 38.7 Å². The molecule has 7 nitrogen and oxygen atoms in total. The lowest BCUT2D eigenvalue weighted by Gasteiger charge is -2.38. The summed E-state index contributed by atoms with van der Waals surface area (Å²) in [7, 11) is 1.50. The summed E-state index contributed by atoms with van der Waals surface area (Å²) in [5.74, 6) is -1.15. The smallest absolute Gasteiger partial charge is 0.322 e. The van der Waals surface area contributed by atoms with Crippen LogP contribution in [0.5, 0.6) is 0 Å². The maximum atomic E-state index is 14.0. The van der Waals surface area contributed by atoms with Crippen LogP contribution in [0.3, 0.4) is 0 Å². The van der Waals surface area contributed by atoms with Gasteiger partial charge >= 0.3 is 6.03 Å². The number of carbonyl (C=O) groups excluding carboxylic acids is 2. The quantitative estimate of drug-likeness (QED) is 0.572. The summed E-state index contributed by atoms with van der Waals surface area (Å²) in [6.45, 7) is 1.17. The first-order valence-electron chi connectivity index (χ1n) is 11.0. The number of nitrogens with zero attached hydrogens (tertiary/aromatic N) is 3. The van der Waals surface area contributed by atoms with E-state index in [1.165, 1.54) is 42.3 Å². The number of aromatic nitrogens is 1. The molecule has 0 fully saturated rings. The Kier molecular flexibility index (Phi) is 7.22. The number of urea groups is 1. The molecule has 1 atom stereocenters. The molecule has 0 spiro atoms. The van der Waals surface area contributed by atoms with E-state index in [-0.39, 0.29) is 37.1 Å². The largest absolute Gasteiger partial charge is 0.383 e. The first-order valence-corrected chi connectivity index (χ1v) is 11.0. The lowest BCUT2D eigenvalue weighted by Crippen LogP contribution is -2.49. The van der Waals surface area contributed by atoms with Gasteiger partial charge in [-0.2, -0.15) is 0 Å². The molecule has 0 bridgehead atoms. The summed E-state index contributed by atoms with van der Waals surface area (Å²) >= 11 is 0. The molecule has 3 aromatic rings. The molecule has 9 heteroatoms. The van der Waals surface area contributed by atoms with Crippen molar-refractivity contribution >= 4 is 17.6 Å². The maximum absolute atomic E-state index is 14.0. The third-order valence-electron chi connectivity index (χ3n) is 5.78. The summed E-state index contributed by atoms with van der Waals surface area (Å²) in [6.07, 6.45) is 1.93. The Morgan fingerprint density at radius 1 is 1.06 bits per heavy atom. The predicted molar refractivity (Wildman–Crippen MR) is 123 cm³/mol. The summed E-state index contributed by atoms with van der Waals surface area (Å²) in [6, 6.07) is 14.5. The van der Waals surface area contributed by atoms with Crippen molar-refractivity contribution in [3.05, 3.63) is 89.8 Å². The number of ether oxygens (including phenoxy) is 1. The van der Waals surface area contributed by atoms with Gasteiger partial charge in [-0.3, -0.25) is 4.79 Å². The fourth-order valence-corrected chi connectivity index (χ4v) is 4.16. The van der Waals surface area contributed by atoms with E-state index in [0.29, 0.717) is 18.7 Å². The number of hydrogen-bond acceptors (Lipinski definition) is 3. The molecule has 1 N–H and O–H groups in total. The second-order valence-electron chi connectivity index (χ2n) is 8.03. The van der Waals surface area contributed by atoms with Gasteiger partial charge in [0, 0.05) is 44.3 Å². The zero-order chi connectivity index (χ0) is 24.1. The van der Waals surface area contributed by atoms with Gasteiger partial charge in [0.1, 0.15) is 18.2 Å². The van der Waals surface area contributed by atoms with Crippen LogP contribution in [-0.2, 0) is 16.1 Å². The molecule has 1 aliphatic heterocycles. The zero-order valence-corrected chi connectivity index (χ0v) is 18.8. The number of carbonyl (C=O) groups is 2. The Morgan fingerprint density at radius 3 is 2.56 bits per heavy atom. The summed E-state index contributed by atoms with van der Waals surface area (Å²) in [4.78, 5) is 29.4. The number of rotatable bonds is 7. The Hall–Kier alpha value is -3.72. The first kappa shape index (κ1) is 23.4. The Morgan fingerprint density at radius 2 is 1.82 bits per heavy atom. The van der Waals surface area contributed by atoms with Crippen LogP contribution in [0.15, 0.2) is 66.9 Å². The molecule has 2 aromatic carbocycles. The number of halogens is 2. The molecule has 0 saturated heterocycles. The predicted octanol–water partition coefficient (Wildman–Crippen LogP) is 3.88. The molecule has 0 radical (unpaired) electrons. The molecule has 1 aromatic heterocycles. The number of anilines is 1. The van der Waals surface area contributed by atoms with Crippen LogP contribution in [0, 0.1) is 11.6 Å². The van der Waals surface area contributed by atoms with Crippen molar-refractivity contribution in [2.45, 2.75) is 12.6 Å². The molecule has 2 heterocycles. The van der Waals surface area contributed by atoms with Crippen molar-refractivity contribution in [1.82, 2.24) is 14.4 Å². The van der Waals surface area contributed by atoms with Crippen LogP contribution in [-0.4, -0.2) is 59.7 Å². The van der Waals surface area contributed by atoms with Gasteiger partial charge in [0.25, 0.3) is 0 Å². The van der Waals surface area contributed by atoms with Gasteiger partial charge < -0.3 is 24.4 Å². The van der Waals surface area contributed by atoms with Gasteiger partial charge in [-0.25, -0.2) is 13.6 Å². The third kappa shape index (κ3) is 5.26. The van der Waals surface area contributed by atoms with E-state index in [9.17, 15) is 18.4 Å². The SMILES string of the molecule is COCCN(CC(=O)N1CCn2cccc2C1c1cccc(F)c1)C(=O)Nc1cccc(F)c1. The molecule has 34 heavy (non-hydrogen) atoms. The van der Waals surface area contributed by atoms with E-state index < -0.39 is 17.9 Å². The van der Waals surface area contributed by atoms with Crippen molar-refractivity contribution in [2.24, 2.45) is 0 Å². The molecular weight excluding hydrogens is 442 g/mol. The van der Waals surface area contributed by atoms with Crippen LogP contribution < -0.4 is 5.32 Å². The summed E-state index contributed by atoms with van der Waals surface area (Å²) in [5, 5.41) is 2.63. The fraction of sp³-hybridized carbons (Fsp3) is 0.280. The Bertz CT molecular complexity index is 1170. The van der Waals surface area contributed by atoms with Crippen molar-refractivity contribution in [3.63, 3.8) is 0 Å². The van der Waals surface area contributed by atoms with Crippen molar-refractivity contribution in [3.8, 4) is 0 Å². The van der Waals surface area contributed by atoms with Crippen molar-refractivity contribution < 1.29 is 23.1 Å². The molecule has 1 aliphatic rings. The monoisotopic (exact) mass is 468 g/mol. The van der Waals surface area contributed by atoms with Gasteiger partial charge in [-0.15, -0.1) is 0 Å².